The molecule has 1 fully saturated rings. The molecule has 2 rings (SSSR count). The van der Waals surface area contributed by atoms with E-state index in [-0.39, 0.29) is 0 Å². The fraction of sp³-hybridized carbons (Fsp3) is 0.692. The molecule has 1 aromatic rings. The normalized spacial score (nSPS) is 22.5. The molecular weight excluding hydrogens is 216 g/mol. The quantitative estimate of drug-likeness (QED) is 0.867. The van der Waals surface area contributed by atoms with Crippen molar-refractivity contribution in [3.05, 3.63) is 21.9 Å². The minimum Gasteiger partial charge on any atom is -0.318 e. The Morgan fingerprint density at radius 2 is 2.38 bits per heavy atom. The summed E-state index contributed by atoms with van der Waals surface area (Å²) in [4.78, 5) is 4.20. The lowest BCUT2D eigenvalue weighted by Gasteiger charge is -2.35. The van der Waals surface area contributed by atoms with E-state index in [9.17, 15) is 0 Å². The summed E-state index contributed by atoms with van der Waals surface area (Å²) in [7, 11) is 2.06. The van der Waals surface area contributed by atoms with Crippen LogP contribution in [0.2, 0.25) is 0 Å². The Kier molecular flexibility index (Phi) is 4.38. The third-order valence-corrected chi connectivity index (χ3v) is 4.51. The molecule has 2 nitrogen and oxygen atoms in total. The highest BCUT2D eigenvalue weighted by Crippen LogP contribution is 2.23. The lowest BCUT2D eigenvalue weighted by molar-refractivity contribution is 0.140. The van der Waals surface area contributed by atoms with Crippen molar-refractivity contribution in [2.24, 2.45) is 0 Å². The number of rotatable bonds is 4. The average Bonchev–Trinajstić information content (AvgIpc) is 2.68. The van der Waals surface area contributed by atoms with Crippen LogP contribution >= 0.6 is 11.3 Å². The van der Waals surface area contributed by atoms with E-state index in [2.05, 4.69) is 35.6 Å². The zero-order valence-electron chi connectivity index (χ0n) is 10.3. The standard InChI is InChI=1S/C13H22N2S/c1-11-6-8-16-13(11)10-15-7-4-3-5-12(15)9-14-2/h6,8,12,14H,3-5,7,9-10H2,1-2H3. The van der Waals surface area contributed by atoms with Gasteiger partial charge in [0.1, 0.15) is 0 Å². The summed E-state index contributed by atoms with van der Waals surface area (Å²) in [6, 6.07) is 2.97. The van der Waals surface area contributed by atoms with Crippen molar-refractivity contribution in [3.8, 4) is 0 Å². The highest BCUT2D eigenvalue weighted by molar-refractivity contribution is 7.10. The molecule has 2 heterocycles. The Morgan fingerprint density at radius 1 is 1.50 bits per heavy atom. The van der Waals surface area contributed by atoms with Crippen molar-refractivity contribution in [1.29, 1.82) is 0 Å². The van der Waals surface area contributed by atoms with Gasteiger partial charge in [0.25, 0.3) is 0 Å². The number of hydrogen-bond acceptors (Lipinski definition) is 3. The fourth-order valence-electron chi connectivity index (χ4n) is 2.49. The van der Waals surface area contributed by atoms with Gasteiger partial charge in [0, 0.05) is 24.0 Å². The number of nitrogens with zero attached hydrogens (tertiary/aromatic N) is 1. The van der Waals surface area contributed by atoms with Crippen molar-refractivity contribution < 1.29 is 0 Å². The van der Waals surface area contributed by atoms with Gasteiger partial charge in [-0.2, -0.15) is 0 Å². The Bertz CT molecular complexity index is 319. The van der Waals surface area contributed by atoms with Crippen LogP contribution in [-0.4, -0.2) is 31.1 Å². The highest BCUT2D eigenvalue weighted by atomic mass is 32.1. The third-order valence-electron chi connectivity index (χ3n) is 3.50. The molecule has 0 radical (unpaired) electrons. The number of likely N-dealkylation sites (tertiary alicyclic amines) is 1. The monoisotopic (exact) mass is 238 g/mol. The number of nitrogens with one attached hydrogen (secondary N) is 1. The van der Waals surface area contributed by atoms with Gasteiger partial charge in [-0.25, -0.2) is 0 Å². The number of thiophene rings is 1. The lowest BCUT2D eigenvalue weighted by Crippen LogP contribution is -2.44. The molecule has 1 aliphatic heterocycles. The smallest absolute Gasteiger partial charge is 0.0334 e. The summed E-state index contributed by atoms with van der Waals surface area (Å²) in [6.45, 7) is 5.77. The molecule has 3 heteroatoms. The van der Waals surface area contributed by atoms with Crippen molar-refractivity contribution in [2.45, 2.75) is 38.8 Å². The molecule has 1 atom stereocenters. The third kappa shape index (κ3) is 2.84. The maximum absolute atomic E-state index is 3.32. The largest absolute Gasteiger partial charge is 0.318 e. The van der Waals surface area contributed by atoms with E-state index in [0.29, 0.717) is 0 Å². The Balaban J connectivity index is 1.98. The van der Waals surface area contributed by atoms with E-state index in [1.165, 1.54) is 31.4 Å². The van der Waals surface area contributed by atoms with E-state index in [0.717, 1.165) is 19.1 Å². The molecule has 1 aliphatic rings. The van der Waals surface area contributed by atoms with E-state index in [4.69, 9.17) is 0 Å². The van der Waals surface area contributed by atoms with E-state index in [1.807, 2.05) is 11.3 Å². The SMILES string of the molecule is CNCC1CCCCN1Cc1sccc1C. The van der Waals surface area contributed by atoms with Crippen molar-refractivity contribution >= 4 is 11.3 Å². The second kappa shape index (κ2) is 5.80. The Hall–Kier alpha value is -0.380. The number of piperidine rings is 1. The molecule has 90 valence electrons. The molecule has 1 N–H and O–H groups in total. The van der Waals surface area contributed by atoms with Crippen LogP contribution in [0.4, 0.5) is 0 Å². The van der Waals surface area contributed by atoms with Gasteiger partial charge in [0.05, 0.1) is 0 Å². The van der Waals surface area contributed by atoms with E-state index < -0.39 is 0 Å². The van der Waals surface area contributed by atoms with E-state index >= 15 is 0 Å². The first-order valence-electron chi connectivity index (χ1n) is 6.23. The van der Waals surface area contributed by atoms with Crippen LogP contribution in [0.1, 0.15) is 29.7 Å². The van der Waals surface area contributed by atoms with Crippen LogP contribution < -0.4 is 5.32 Å². The van der Waals surface area contributed by atoms with Crippen LogP contribution in [-0.2, 0) is 6.54 Å². The first-order valence-corrected chi connectivity index (χ1v) is 7.11. The molecule has 1 aromatic heterocycles. The predicted octanol–water partition coefficient (Wildman–Crippen LogP) is 2.63. The second-order valence-corrected chi connectivity index (χ2v) is 5.71. The highest BCUT2D eigenvalue weighted by Gasteiger charge is 2.22. The number of aryl methyl sites for hydroxylation is 1. The zero-order valence-corrected chi connectivity index (χ0v) is 11.1. The van der Waals surface area contributed by atoms with Gasteiger partial charge in [-0.05, 0) is 50.4 Å². The van der Waals surface area contributed by atoms with Gasteiger partial charge >= 0.3 is 0 Å². The fourth-order valence-corrected chi connectivity index (χ4v) is 3.42. The van der Waals surface area contributed by atoms with Crippen LogP contribution in [0, 0.1) is 6.92 Å². The lowest BCUT2D eigenvalue weighted by atomic mass is 10.0. The van der Waals surface area contributed by atoms with Crippen molar-refractivity contribution in [2.75, 3.05) is 20.1 Å². The number of hydrogen-bond donors (Lipinski definition) is 1. The summed E-state index contributed by atoms with van der Waals surface area (Å²) in [5.74, 6) is 0. The molecule has 1 unspecified atom stereocenters. The summed E-state index contributed by atoms with van der Waals surface area (Å²) in [5.41, 5.74) is 1.46. The molecule has 0 bridgehead atoms. The van der Waals surface area contributed by atoms with Gasteiger partial charge in [0.15, 0.2) is 0 Å². The molecule has 16 heavy (non-hydrogen) atoms. The van der Waals surface area contributed by atoms with E-state index in [1.54, 1.807) is 4.88 Å². The molecular formula is C13H22N2S. The Morgan fingerprint density at radius 3 is 3.06 bits per heavy atom. The average molecular weight is 238 g/mol. The van der Waals surface area contributed by atoms with Crippen molar-refractivity contribution in [1.82, 2.24) is 10.2 Å². The molecule has 0 spiro atoms. The van der Waals surface area contributed by atoms with Crippen LogP contribution in [0.3, 0.4) is 0 Å². The van der Waals surface area contributed by atoms with Crippen molar-refractivity contribution in [3.63, 3.8) is 0 Å². The summed E-state index contributed by atoms with van der Waals surface area (Å²) >= 11 is 1.90. The summed E-state index contributed by atoms with van der Waals surface area (Å²) < 4.78 is 0. The van der Waals surface area contributed by atoms with Crippen LogP contribution in [0.25, 0.3) is 0 Å². The molecule has 0 aromatic carbocycles. The van der Waals surface area contributed by atoms with Crippen LogP contribution in [0.5, 0.6) is 0 Å². The molecule has 0 aliphatic carbocycles. The maximum atomic E-state index is 3.32. The first-order chi connectivity index (χ1) is 7.81. The van der Waals surface area contributed by atoms with Crippen LogP contribution in [0.15, 0.2) is 11.4 Å². The summed E-state index contributed by atoms with van der Waals surface area (Å²) in [5, 5.41) is 5.53. The minimum atomic E-state index is 0.736. The molecule has 0 amide bonds. The molecule has 1 saturated heterocycles. The van der Waals surface area contributed by atoms with Gasteiger partial charge in [-0.15, -0.1) is 11.3 Å². The first kappa shape index (κ1) is 12.1. The van der Waals surface area contributed by atoms with Gasteiger partial charge in [0.2, 0.25) is 0 Å². The predicted molar refractivity (Wildman–Crippen MR) is 71.0 cm³/mol. The summed E-state index contributed by atoms with van der Waals surface area (Å²) in [6.07, 6.45) is 4.11. The maximum Gasteiger partial charge on any atom is 0.0334 e. The van der Waals surface area contributed by atoms with Gasteiger partial charge in [-0.3, -0.25) is 4.90 Å². The minimum absolute atomic E-state index is 0.736. The number of likely N-dealkylation sites (N-methyl/N-ethyl adjacent to an activating group) is 1. The topological polar surface area (TPSA) is 15.3 Å². The molecule has 0 saturated carbocycles. The Labute approximate surface area is 103 Å². The van der Waals surface area contributed by atoms with Gasteiger partial charge < -0.3 is 5.32 Å². The zero-order chi connectivity index (χ0) is 11.4. The van der Waals surface area contributed by atoms with Gasteiger partial charge in [-0.1, -0.05) is 6.42 Å². The second-order valence-electron chi connectivity index (χ2n) is 4.70.